The van der Waals surface area contributed by atoms with Gasteiger partial charge in [-0.05, 0) is 43.0 Å². The van der Waals surface area contributed by atoms with E-state index < -0.39 is 0 Å². The van der Waals surface area contributed by atoms with Crippen molar-refractivity contribution in [2.75, 3.05) is 32.1 Å². The van der Waals surface area contributed by atoms with Crippen molar-refractivity contribution in [2.45, 2.75) is 17.7 Å². The van der Waals surface area contributed by atoms with Crippen LogP contribution in [-0.2, 0) is 9.53 Å². The van der Waals surface area contributed by atoms with E-state index in [1.165, 1.54) is 23.9 Å². The first kappa shape index (κ1) is 17.0. The van der Waals surface area contributed by atoms with Crippen LogP contribution in [0.3, 0.4) is 0 Å². The molecule has 120 valence electrons. The molecule has 1 aliphatic rings. The Kier molecular flexibility index (Phi) is 6.93. The summed E-state index contributed by atoms with van der Waals surface area (Å²) in [7, 11) is 0. The summed E-state index contributed by atoms with van der Waals surface area (Å²) in [5, 5.41) is 0. The van der Waals surface area contributed by atoms with Crippen molar-refractivity contribution in [1.82, 2.24) is 4.90 Å². The van der Waals surface area contributed by atoms with Crippen LogP contribution in [0.5, 0.6) is 0 Å². The van der Waals surface area contributed by atoms with Crippen LogP contribution in [0.1, 0.15) is 12.8 Å². The third-order valence-corrected chi connectivity index (χ3v) is 4.73. The van der Waals surface area contributed by atoms with Crippen LogP contribution in [0.2, 0.25) is 0 Å². The Balaban J connectivity index is 1.68. The summed E-state index contributed by atoms with van der Waals surface area (Å²) in [5.74, 6) is 0.841. The number of carbonyl (C=O) groups excluding carboxylic acids is 1. The van der Waals surface area contributed by atoms with Crippen LogP contribution in [0, 0.1) is 11.7 Å². The highest BCUT2D eigenvalue weighted by molar-refractivity contribution is 8.00. The number of ether oxygens (including phenoxy) is 1. The number of amides is 1. The summed E-state index contributed by atoms with van der Waals surface area (Å²) in [6, 6.07) is 6.25. The molecular formula is C17H22FNO2S. The van der Waals surface area contributed by atoms with Gasteiger partial charge in [-0.2, -0.15) is 0 Å². The van der Waals surface area contributed by atoms with Crippen molar-refractivity contribution in [3.63, 3.8) is 0 Å². The number of halogens is 1. The molecule has 0 saturated carbocycles. The molecule has 0 aliphatic carbocycles. The quantitative estimate of drug-likeness (QED) is 0.438. The predicted molar refractivity (Wildman–Crippen MR) is 87.4 cm³/mol. The molecule has 0 aromatic heterocycles. The van der Waals surface area contributed by atoms with E-state index in [4.69, 9.17) is 4.74 Å². The van der Waals surface area contributed by atoms with Gasteiger partial charge in [-0.3, -0.25) is 4.79 Å². The first-order valence-corrected chi connectivity index (χ1v) is 8.52. The number of likely N-dealkylation sites (tertiary alicyclic amines) is 1. The summed E-state index contributed by atoms with van der Waals surface area (Å²) < 4.78 is 18.3. The Hall–Kier alpha value is -1.33. The van der Waals surface area contributed by atoms with Gasteiger partial charge in [0, 0.05) is 24.6 Å². The van der Waals surface area contributed by atoms with Gasteiger partial charge in [0.25, 0.3) is 0 Å². The molecule has 1 saturated heterocycles. The van der Waals surface area contributed by atoms with E-state index in [2.05, 4.69) is 6.58 Å². The summed E-state index contributed by atoms with van der Waals surface area (Å²) in [4.78, 5) is 15.0. The van der Waals surface area contributed by atoms with Crippen LogP contribution in [0.25, 0.3) is 0 Å². The molecular weight excluding hydrogens is 301 g/mol. The second-order valence-electron chi connectivity index (χ2n) is 5.39. The van der Waals surface area contributed by atoms with E-state index >= 15 is 0 Å². The first-order valence-electron chi connectivity index (χ1n) is 7.54. The average Bonchev–Trinajstić information content (AvgIpc) is 2.55. The van der Waals surface area contributed by atoms with Crippen LogP contribution >= 0.6 is 11.8 Å². The molecule has 1 aromatic carbocycles. The number of piperidine rings is 1. The van der Waals surface area contributed by atoms with E-state index in [-0.39, 0.29) is 11.7 Å². The van der Waals surface area contributed by atoms with Crippen LogP contribution in [0.15, 0.2) is 41.8 Å². The molecule has 1 aliphatic heterocycles. The summed E-state index contributed by atoms with van der Waals surface area (Å²) >= 11 is 1.45. The number of hydrogen-bond donors (Lipinski definition) is 0. The lowest BCUT2D eigenvalue weighted by Crippen LogP contribution is -2.40. The second-order valence-corrected chi connectivity index (χ2v) is 6.44. The van der Waals surface area contributed by atoms with Crippen molar-refractivity contribution < 1.29 is 13.9 Å². The van der Waals surface area contributed by atoms with Crippen LogP contribution in [-0.4, -0.2) is 42.9 Å². The standard InChI is InChI=1S/C17H22FNO2S/c1-2-11-21-12-14-7-9-19(10-8-14)17(20)13-22-16-5-3-15(18)4-6-16/h2-6,14H,1,7-13H2. The normalized spacial score (nSPS) is 15.8. The minimum Gasteiger partial charge on any atom is -0.377 e. The molecule has 0 N–H and O–H groups in total. The Labute approximate surface area is 135 Å². The summed E-state index contributed by atoms with van der Waals surface area (Å²) in [5.41, 5.74) is 0. The van der Waals surface area contributed by atoms with Crippen molar-refractivity contribution in [2.24, 2.45) is 5.92 Å². The molecule has 5 heteroatoms. The molecule has 22 heavy (non-hydrogen) atoms. The fraction of sp³-hybridized carbons (Fsp3) is 0.471. The number of nitrogens with zero attached hydrogens (tertiary/aromatic N) is 1. The maximum atomic E-state index is 12.8. The molecule has 0 spiro atoms. The smallest absolute Gasteiger partial charge is 0.232 e. The topological polar surface area (TPSA) is 29.5 Å². The molecule has 2 rings (SSSR count). The molecule has 3 nitrogen and oxygen atoms in total. The number of carbonyl (C=O) groups is 1. The van der Waals surface area contributed by atoms with Crippen molar-refractivity contribution in [3.05, 3.63) is 42.7 Å². The first-order chi connectivity index (χ1) is 10.7. The van der Waals surface area contributed by atoms with Gasteiger partial charge in [0.2, 0.25) is 5.91 Å². The van der Waals surface area contributed by atoms with E-state index in [0.29, 0.717) is 18.3 Å². The average molecular weight is 323 g/mol. The van der Waals surface area contributed by atoms with Crippen LogP contribution < -0.4 is 0 Å². The lowest BCUT2D eigenvalue weighted by molar-refractivity contribution is -0.130. The van der Waals surface area contributed by atoms with E-state index in [1.807, 2.05) is 4.90 Å². The fourth-order valence-corrected chi connectivity index (χ4v) is 3.24. The molecule has 1 heterocycles. The van der Waals surface area contributed by atoms with Gasteiger partial charge >= 0.3 is 0 Å². The second kappa shape index (κ2) is 8.96. The van der Waals surface area contributed by atoms with E-state index in [0.717, 1.165) is 37.4 Å². The minimum atomic E-state index is -0.253. The zero-order chi connectivity index (χ0) is 15.8. The Morgan fingerprint density at radius 3 is 2.68 bits per heavy atom. The van der Waals surface area contributed by atoms with Crippen molar-refractivity contribution >= 4 is 17.7 Å². The maximum absolute atomic E-state index is 12.8. The summed E-state index contributed by atoms with van der Waals surface area (Å²) in [6.45, 7) is 6.56. The Morgan fingerprint density at radius 2 is 2.05 bits per heavy atom. The predicted octanol–water partition coefficient (Wildman–Crippen LogP) is 3.36. The SMILES string of the molecule is C=CCOCC1CCN(C(=O)CSc2ccc(F)cc2)CC1. The number of thioether (sulfide) groups is 1. The van der Waals surface area contributed by atoms with Gasteiger partial charge in [-0.25, -0.2) is 4.39 Å². The van der Waals surface area contributed by atoms with E-state index in [1.54, 1.807) is 18.2 Å². The Bertz CT molecular complexity index is 484. The zero-order valence-electron chi connectivity index (χ0n) is 12.7. The van der Waals surface area contributed by atoms with Crippen molar-refractivity contribution in [1.29, 1.82) is 0 Å². The molecule has 1 aromatic rings. The van der Waals surface area contributed by atoms with Gasteiger partial charge in [-0.15, -0.1) is 18.3 Å². The van der Waals surface area contributed by atoms with Gasteiger partial charge in [0.15, 0.2) is 0 Å². The molecule has 0 radical (unpaired) electrons. The molecule has 0 unspecified atom stereocenters. The van der Waals surface area contributed by atoms with E-state index in [9.17, 15) is 9.18 Å². The highest BCUT2D eigenvalue weighted by atomic mass is 32.2. The van der Waals surface area contributed by atoms with Crippen molar-refractivity contribution in [3.8, 4) is 0 Å². The molecule has 1 fully saturated rings. The lowest BCUT2D eigenvalue weighted by Gasteiger charge is -2.31. The third-order valence-electron chi connectivity index (χ3n) is 3.73. The lowest BCUT2D eigenvalue weighted by atomic mass is 9.98. The number of benzene rings is 1. The minimum absolute atomic E-state index is 0.153. The largest absolute Gasteiger partial charge is 0.377 e. The highest BCUT2D eigenvalue weighted by Crippen LogP contribution is 2.21. The molecule has 0 bridgehead atoms. The third kappa shape index (κ3) is 5.46. The van der Waals surface area contributed by atoms with Gasteiger partial charge in [-0.1, -0.05) is 6.08 Å². The number of hydrogen-bond acceptors (Lipinski definition) is 3. The van der Waals surface area contributed by atoms with Gasteiger partial charge in [0.05, 0.1) is 12.4 Å². The highest BCUT2D eigenvalue weighted by Gasteiger charge is 2.22. The monoisotopic (exact) mass is 323 g/mol. The molecule has 0 atom stereocenters. The summed E-state index contributed by atoms with van der Waals surface area (Å²) in [6.07, 6.45) is 3.74. The molecule has 1 amide bonds. The fourth-order valence-electron chi connectivity index (χ4n) is 2.43. The van der Waals surface area contributed by atoms with Gasteiger partial charge < -0.3 is 9.64 Å². The van der Waals surface area contributed by atoms with Crippen LogP contribution in [0.4, 0.5) is 4.39 Å². The zero-order valence-corrected chi connectivity index (χ0v) is 13.5. The Morgan fingerprint density at radius 1 is 1.36 bits per heavy atom. The maximum Gasteiger partial charge on any atom is 0.232 e. The number of rotatable bonds is 7. The van der Waals surface area contributed by atoms with Gasteiger partial charge in [0.1, 0.15) is 5.82 Å².